The molecule has 3 amide bonds. The van der Waals surface area contributed by atoms with Gasteiger partial charge in [0.05, 0.1) is 17.5 Å². The number of amides is 3. The number of rotatable bonds is 5. The highest BCUT2D eigenvalue weighted by atomic mass is 79.9. The first-order chi connectivity index (χ1) is 16.0. The zero-order valence-corrected chi connectivity index (χ0v) is 18.6. The Hall–Kier alpha value is -4.18. The molecule has 0 radical (unpaired) electrons. The number of anilines is 2. The highest BCUT2D eigenvalue weighted by Gasteiger charge is 2.18. The van der Waals surface area contributed by atoms with Crippen LogP contribution in [0, 0.1) is 0 Å². The zero-order valence-electron chi connectivity index (χ0n) is 17.0. The second-order valence-electron chi connectivity index (χ2n) is 6.77. The summed E-state index contributed by atoms with van der Waals surface area (Å²) in [6.07, 6.45) is 1.37. The van der Waals surface area contributed by atoms with Crippen LogP contribution in [0.5, 0.6) is 11.5 Å². The SMILES string of the molecule is O=C(NN=Cc1ccc2c(c1)OCO2)C(=O)Nc1ccccc1C(=O)Nc1ccc(Br)cc1. The van der Waals surface area contributed by atoms with Crippen molar-refractivity contribution in [3.8, 4) is 11.5 Å². The van der Waals surface area contributed by atoms with Crippen LogP contribution in [0.15, 0.2) is 76.3 Å². The summed E-state index contributed by atoms with van der Waals surface area (Å²) in [7, 11) is 0. The van der Waals surface area contributed by atoms with Crippen molar-refractivity contribution >= 4 is 51.2 Å². The van der Waals surface area contributed by atoms with E-state index in [0.717, 1.165) is 4.47 Å². The van der Waals surface area contributed by atoms with Gasteiger partial charge < -0.3 is 20.1 Å². The summed E-state index contributed by atoms with van der Waals surface area (Å²) < 4.78 is 11.4. The second kappa shape index (κ2) is 9.96. The van der Waals surface area contributed by atoms with Crippen LogP contribution in [0.3, 0.4) is 0 Å². The monoisotopic (exact) mass is 508 g/mol. The molecule has 3 N–H and O–H groups in total. The number of hydrazone groups is 1. The van der Waals surface area contributed by atoms with Gasteiger partial charge in [-0.2, -0.15) is 5.10 Å². The van der Waals surface area contributed by atoms with Crippen LogP contribution in [0.25, 0.3) is 0 Å². The molecule has 4 rings (SSSR count). The van der Waals surface area contributed by atoms with Gasteiger partial charge in [-0.15, -0.1) is 0 Å². The number of carbonyl (C=O) groups is 3. The molecule has 0 atom stereocenters. The minimum atomic E-state index is -0.991. The maximum atomic E-state index is 12.7. The number of halogens is 1. The lowest BCUT2D eigenvalue weighted by Crippen LogP contribution is -2.33. The van der Waals surface area contributed by atoms with Crippen molar-refractivity contribution in [1.82, 2.24) is 5.43 Å². The summed E-state index contributed by atoms with van der Waals surface area (Å²) in [6.45, 7) is 0.148. The number of ether oxygens (including phenoxy) is 2. The van der Waals surface area contributed by atoms with Crippen molar-refractivity contribution in [3.63, 3.8) is 0 Å². The highest BCUT2D eigenvalue weighted by Crippen LogP contribution is 2.32. The third-order valence-electron chi connectivity index (χ3n) is 4.50. The van der Waals surface area contributed by atoms with Crippen LogP contribution >= 0.6 is 15.9 Å². The van der Waals surface area contributed by atoms with E-state index >= 15 is 0 Å². The highest BCUT2D eigenvalue weighted by molar-refractivity contribution is 9.10. The molecule has 0 aliphatic carbocycles. The number of nitrogens with one attached hydrogen (secondary N) is 3. The number of fused-ring (bicyclic) bond motifs is 1. The summed E-state index contributed by atoms with van der Waals surface area (Å²) in [5, 5.41) is 8.97. The fraction of sp³-hybridized carbons (Fsp3) is 0.0435. The maximum absolute atomic E-state index is 12.7. The lowest BCUT2D eigenvalue weighted by molar-refractivity contribution is -0.136. The lowest BCUT2D eigenvalue weighted by atomic mass is 10.1. The molecule has 0 fully saturated rings. The van der Waals surface area contributed by atoms with Gasteiger partial charge in [-0.05, 0) is 60.2 Å². The van der Waals surface area contributed by atoms with Gasteiger partial charge in [0, 0.05) is 10.2 Å². The fourth-order valence-corrected chi connectivity index (χ4v) is 3.17. The number of hydrogen-bond donors (Lipinski definition) is 3. The summed E-state index contributed by atoms with van der Waals surface area (Å²) in [5.41, 5.74) is 3.77. The molecular weight excluding hydrogens is 492 g/mol. The second-order valence-corrected chi connectivity index (χ2v) is 7.69. The number of para-hydroxylation sites is 1. The maximum Gasteiger partial charge on any atom is 0.329 e. The van der Waals surface area contributed by atoms with Crippen molar-refractivity contribution in [1.29, 1.82) is 0 Å². The van der Waals surface area contributed by atoms with Crippen molar-refractivity contribution < 1.29 is 23.9 Å². The van der Waals surface area contributed by atoms with Gasteiger partial charge in [0.15, 0.2) is 11.5 Å². The van der Waals surface area contributed by atoms with E-state index in [0.29, 0.717) is 22.7 Å². The first-order valence-electron chi connectivity index (χ1n) is 9.69. The Balaban J connectivity index is 1.37. The molecule has 0 spiro atoms. The van der Waals surface area contributed by atoms with E-state index < -0.39 is 17.7 Å². The third-order valence-corrected chi connectivity index (χ3v) is 5.03. The Morgan fingerprint density at radius 2 is 1.64 bits per heavy atom. The van der Waals surface area contributed by atoms with E-state index in [4.69, 9.17) is 9.47 Å². The minimum Gasteiger partial charge on any atom is -0.454 e. The van der Waals surface area contributed by atoms with Crippen molar-refractivity contribution in [2.24, 2.45) is 5.10 Å². The number of nitrogens with zero attached hydrogens (tertiary/aromatic N) is 1. The average molecular weight is 509 g/mol. The molecule has 9 nitrogen and oxygen atoms in total. The fourth-order valence-electron chi connectivity index (χ4n) is 2.91. The summed E-state index contributed by atoms with van der Waals surface area (Å²) >= 11 is 3.33. The Bertz CT molecular complexity index is 1240. The molecule has 0 unspecified atom stereocenters. The molecule has 1 aliphatic heterocycles. The molecule has 0 bridgehead atoms. The van der Waals surface area contributed by atoms with E-state index in [9.17, 15) is 14.4 Å². The van der Waals surface area contributed by atoms with Crippen LogP contribution in [-0.4, -0.2) is 30.7 Å². The molecule has 1 heterocycles. The Morgan fingerprint density at radius 1 is 0.879 bits per heavy atom. The topological polar surface area (TPSA) is 118 Å². The third kappa shape index (κ3) is 5.55. The van der Waals surface area contributed by atoms with Crippen LogP contribution < -0.4 is 25.5 Å². The Labute approximate surface area is 196 Å². The van der Waals surface area contributed by atoms with Gasteiger partial charge in [0.25, 0.3) is 5.91 Å². The minimum absolute atomic E-state index is 0.148. The van der Waals surface area contributed by atoms with Crippen molar-refractivity contribution in [2.45, 2.75) is 0 Å². The normalized spacial score (nSPS) is 11.8. The van der Waals surface area contributed by atoms with E-state index in [1.807, 2.05) is 0 Å². The zero-order chi connectivity index (χ0) is 23.2. The average Bonchev–Trinajstić information content (AvgIpc) is 3.29. The molecule has 166 valence electrons. The molecular formula is C23H17BrN4O5. The molecule has 0 aromatic heterocycles. The van der Waals surface area contributed by atoms with E-state index in [-0.39, 0.29) is 18.0 Å². The lowest BCUT2D eigenvalue weighted by Gasteiger charge is -2.11. The molecule has 3 aromatic rings. The Morgan fingerprint density at radius 3 is 2.45 bits per heavy atom. The standard InChI is InChI=1S/C23H17BrN4O5/c24-15-6-8-16(9-7-15)26-21(29)17-3-1-2-4-18(17)27-22(30)23(31)28-25-12-14-5-10-19-20(11-14)33-13-32-19/h1-12H,13H2,(H,26,29)(H,27,30)(H,28,31). The number of benzene rings is 3. The van der Waals surface area contributed by atoms with Gasteiger partial charge in [-0.1, -0.05) is 28.1 Å². The smallest absolute Gasteiger partial charge is 0.329 e. The first-order valence-corrected chi connectivity index (χ1v) is 10.5. The molecule has 0 saturated heterocycles. The predicted octanol–water partition coefficient (Wildman–Crippen LogP) is 3.52. The van der Waals surface area contributed by atoms with Crippen LogP contribution in [0.2, 0.25) is 0 Å². The number of carbonyl (C=O) groups excluding carboxylic acids is 3. The Kier molecular flexibility index (Phi) is 6.65. The summed E-state index contributed by atoms with van der Waals surface area (Å²) in [6, 6.07) is 18.5. The van der Waals surface area contributed by atoms with Gasteiger partial charge in [0.2, 0.25) is 6.79 Å². The van der Waals surface area contributed by atoms with Gasteiger partial charge in [0.1, 0.15) is 0 Å². The summed E-state index contributed by atoms with van der Waals surface area (Å²) in [5.74, 6) is -1.20. The molecule has 33 heavy (non-hydrogen) atoms. The molecule has 0 saturated carbocycles. The van der Waals surface area contributed by atoms with Crippen LogP contribution in [0.1, 0.15) is 15.9 Å². The molecule has 1 aliphatic rings. The van der Waals surface area contributed by atoms with Crippen LogP contribution in [0.4, 0.5) is 11.4 Å². The molecule has 10 heteroatoms. The number of hydrogen-bond acceptors (Lipinski definition) is 6. The largest absolute Gasteiger partial charge is 0.454 e. The van der Waals surface area contributed by atoms with Crippen molar-refractivity contribution in [2.75, 3.05) is 17.4 Å². The van der Waals surface area contributed by atoms with Crippen molar-refractivity contribution in [3.05, 3.63) is 82.3 Å². The summed E-state index contributed by atoms with van der Waals surface area (Å²) in [4.78, 5) is 37.1. The molecule has 3 aromatic carbocycles. The quantitative estimate of drug-likeness (QED) is 0.277. The van der Waals surface area contributed by atoms with Gasteiger partial charge >= 0.3 is 11.8 Å². The first kappa shape index (κ1) is 22.0. The van der Waals surface area contributed by atoms with Crippen LogP contribution in [-0.2, 0) is 9.59 Å². The van der Waals surface area contributed by atoms with Gasteiger partial charge in [-0.25, -0.2) is 5.43 Å². The van der Waals surface area contributed by atoms with E-state index in [1.54, 1.807) is 60.7 Å². The van der Waals surface area contributed by atoms with Gasteiger partial charge in [-0.3, -0.25) is 14.4 Å². The predicted molar refractivity (Wildman–Crippen MR) is 125 cm³/mol. The van der Waals surface area contributed by atoms with E-state index in [2.05, 4.69) is 37.1 Å². The van der Waals surface area contributed by atoms with E-state index in [1.165, 1.54) is 12.3 Å².